The number of alkyl halides is 3. The molecule has 0 N–H and O–H groups in total. The number of hydrogen-bond acceptors (Lipinski definition) is 3. The Bertz CT molecular complexity index is 694. The highest BCUT2D eigenvalue weighted by Crippen LogP contribution is 2.41. The fourth-order valence-corrected chi connectivity index (χ4v) is 5.37. The van der Waals surface area contributed by atoms with Crippen LogP contribution in [0.3, 0.4) is 0 Å². The summed E-state index contributed by atoms with van der Waals surface area (Å²) in [7, 11) is -3.24. The summed E-state index contributed by atoms with van der Waals surface area (Å²) in [5, 5.41) is -1.23. The van der Waals surface area contributed by atoms with E-state index in [2.05, 4.69) is 4.98 Å². The number of allylic oxidation sites excluding steroid dienone is 1. The van der Waals surface area contributed by atoms with Gasteiger partial charge in [0.1, 0.15) is 0 Å². The minimum absolute atomic E-state index is 0.124. The lowest BCUT2D eigenvalue weighted by atomic mass is 9.94. The van der Waals surface area contributed by atoms with Gasteiger partial charge in [-0.15, -0.1) is 0 Å². The van der Waals surface area contributed by atoms with E-state index in [4.69, 9.17) is 0 Å². The van der Waals surface area contributed by atoms with Crippen molar-refractivity contribution in [2.24, 2.45) is 0 Å². The van der Waals surface area contributed by atoms with Crippen LogP contribution in [-0.4, -0.2) is 23.9 Å². The molecule has 0 aromatic carbocycles. The van der Waals surface area contributed by atoms with Crippen molar-refractivity contribution in [2.75, 3.05) is 0 Å². The summed E-state index contributed by atoms with van der Waals surface area (Å²) >= 11 is 0. The first-order chi connectivity index (χ1) is 9.80. The van der Waals surface area contributed by atoms with E-state index in [1.165, 1.54) is 18.3 Å². The van der Waals surface area contributed by atoms with Crippen LogP contribution in [0, 0.1) is 0 Å². The van der Waals surface area contributed by atoms with Crippen LogP contribution in [-0.2, 0) is 16.0 Å². The highest BCUT2D eigenvalue weighted by atomic mass is 32.2. The first-order valence-electron chi connectivity index (χ1n) is 6.76. The van der Waals surface area contributed by atoms with Crippen LogP contribution >= 0.6 is 0 Å². The van der Waals surface area contributed by atoms with Crippen LogP contribution in [0.4, 0.5) is 13.2 Å². The van der Waals surface area contributed by atoms with E-state index in [-0.39, 0.29) is 12.1 Å². The minimum atomic E-state index is -4.49. The third-order valence-electron chi connectivity index (χ3n) is 4.15. The molecule has 0 aliphatic carbocycles. The largest absolute Gasteiger partial charge is 0.418 e. The second kappa shape index (κ2) is 4.83. The molecule has 3 nitrogen and oxygen atoms in total. The average Bonchev–Trinajstić information content (AvgIpc) is 2.36. The normalized spacial score (nSPS) is 28.0. The van der Waals surface area contributed by atoms with Gasteiger partial charge < -0.3 is 0 Å². The lowest BCUT2D eigenvalue weighted by Gasteiger charge is -2.33. The molecule has 0 radical (unpaired) electrons. The van der Waals surface area contributed by atoms with Crippen LogP contribution in [0.2, 0.25) is 0 Å². The monoisotopic (exact) mass is 317 g/mol. The van der Waals surface area contributed by atoms with Crippen LogP contribution in [0.15, 0.2) is 24.4 Å². The molecule has 2 atom stereocenters. The second-order valence-electron chi connectivity index (χ2n) is 5.47. The number of halogens is 3. The lowest BCUT2D eigenvalue weighted by molar-refractivity contribution is -0.138. The van der Waals surface area contributed by atoms with Gasteiger partial charge in [0.05, 0.1) is 21.8 Å². The molecule has 2 aliphatic heterocycles. The molecule has 7 heteroatoms. The summed E-state index contributed by atoms with van der Waals surface area (Å²) in [6.45, 7) is 0. The molecule has 1 saturated heterocycles. The Morgan fingerprint density at radius 2 is 2.00 bits per heavy atom. The predicted octanol–water partition coefficient (Wildman–Crippen LogP) is 3.22. The maximum Gasteiger partial charge on any atom is 0.418 e. The fraction of sp³-hybridized carbons (Fsp3) is 0.500. The second-order valence-corrected chi connectivity index (χ2v) is 7.92. The Morgan fingerprint density at radius 1 is 1.24 bits per heavy atom. The van der Waals surface area contributed by atoms with Gasteiger partial charge in [-0.1, -0.05) is 12.5 Å². The number of fused-ring (bicyclic) bond motifs is 2. The third kappa shape index (κ3) is 2.47. The molecule has 21 heavy (non-hydrogen) atoms. The Kier molecular flexibility index (Phi) is 3.35. The van der Waals surface area contributed by atoms with Crippen LogP contribution in [0.5, 0.6) is 0 Å². The van der Waals surface area contributed by atoms with Crippen LogP contribution in [0.1, 0.15) is 36.9 Å². The van der Waals surface area contributed by atoms with Crippen molar-refractivity contribution in [3.05, 3.63) is 35.7 Å². The summed E-state index contributed by atoms with van der Waals surface area (Å²) in [6.07, 6.45) is 0.217. The van der Waals surface area contributed by atoms with Crippen molar-refractivity contribution in [3.8, 4) is 0 Å². The van der Waals surface area contributed by atoms with E-state index < -0.39 is 32.1 Å². The van der Waals surface area contributed by atoms with E-state index in [0.717, 1.165) is 12.5 Å². The summed E-state index contributed by atoms with van der Waals surface area (Å²) in [6, 6.07) is 2.23. The Morgan fingerprint density at radius 3 is 2.67 bits per heavy atom. The van der Waals surface area contributed by atoms with Gasteiger partial charge >= 0.3 is 6.18 Å². The van der Waals surface area contributed by atoms with Crippen molar-refractivity contribution >= 4 is 15.4 Å². The standard InChI is InChI=1S/C14H14F3NO2S/c15-14(16,17)12-5-2-6-18-13(12)9-7-10-3-1-4-11(8-9)21(10,19)20/h2,5-7,10-11H,1,3-4,8H2. The van der Waals surface area contributed by atoms with Gasteiger partial charge in [0.2, 0.25) is 0 Å². The summed E-state index contributed by atoms with van der Waals surface area (Å²) in [5.41, 5.74) is -0.516. The molecule has 2 bridgehead atoms. The van der Waals surface area contributed by atoms with Crippen molar-refractivity contribution in [1.29, 1.82) is 0 Å². The molecule has 114 valence electrons. The third-order valence-corrected chi connectivity index (χ3v) is 6.70. The van der Waals surface area contributed by atoms with Gasteiger partial charge in [-0.25, -0.2) is 8.42 Å². The maximum atomic E-state index is 13.1. The molecule has 0 amide bonds. The highest BCUT2D eigenvalue weighted by Gasteiger charge is 2.42. The average molecular weight is 317 g/mol. The zero-order chi connectivity index (χ0) is 15.3. The lowest BCUT2D eigenvalue weighted by Crippen LogP contribution is -2.38. The van der Waals surface area contributed by atoms with Gasteiger partial charge in [-0.05, 0) is 37.0 Å². The van der Waals surface area contributed by atoms with E-state index >= 15 is 0 Å². The molecule has 1 aromatic heterocycles. The zero-order valence-electron chi connectivity index (χ0n) is 11.1. The number of rotatable bonds is 1. The molecule has 0 spiro atoms. The topological polar surface area (TPSA) is 47.0 Å². The van der Waals surface area contributed by atoms with E-state index in [9.17, 15) is 21.6 Å². The first kappa shape index (κ1) is 14.6. The number of sulfone groups is 1. The van der Waals surface area contributed by atoms with E-state index in [0.29, 0.717) is 18.4 Å². The maximum absolute atomic E-state index is 13.1. The number of aromatic nitrogens is 1. The number of hydrogen-bond donors (Lipinski definition) is 0. The van der Waals surface area contributed by atoms with Gasteiger partial charge in [-0.3, -0.25) is 4.98 Å². The quantitative estimate of drug-likeness (QED) is 0.799. The first-order valence-corrected chi connectivity index (χ1v) is 8.37. The molecule has 2 unspecified atom stereocenters. The number of nitrogens with zero attached hydrogens (tertiary/aromatic N) is 1. The summed E-state index contributed by atoms with van der Waals surface area (Å²) in [5.74, 6) is 0. The summed E-state index contributed by atoms with van der Waals surface area (Å²) in [4.78, 5) is 3.86. The van der Waals surface area contributed by atoms with Crippen molar-refractivity contribution in [3.63, 3.8) is 0 Å². The van der Waals surface area contributed by atoms with E-state index in [1.54, 1.807) is 0 Å². The Hall–Kier alpha value is -1.37. The smallest absolute Gasteiger partial charge is 0.256 e. The summed E-state index contributed by atoms with van der Waals surface area (Å²) < 4.78 is 63.5. The molecule has 1 aromatic rings. The van der Waals surface area contributed by atoms with Crippen LogP contribution < -0.4 is 0 Å². The molecule has 2 aliphatic rings. The number of pyridine rings is 1. The SMILES string of the molecule is O=S1(=O)C2C=C(c3ncccc3C(F)(F)F)CC1CCC2. The molecule has 0 saturated carbocycles. The van der Waals surface area contributed by atoms with Crippen molar-refractivity contribution < 1.29 is 21.6 Å². The molecular formula is C14H14F3NO2S. The molecule has 3 heterocycles. The van der Waals surface area contributed by atoms with Crippen molar-refractivity contribution in [2.45, 2.75) is 42.4 Å². The van der Waals surface area contributed by atoms with Crippen molar-refractivity contribution in [1.82, 2.24) is 4.98 Å². The van der Waals surface area contributed by atoms with Gasteiger partial charge in [0.15, 0.2) is 9.84 Å². The predicted molar refractivity (Wildman–Crippen MR) is 72.2 cm³/mol. The van der Waals surface area contributed by atoms with Crippen LogP contribution in [0.25, 0.3) is 5.57 Å². The molecular weight excluding hydrogens is 303 g/mol. The fourth-order valence-electron chi connectivity index (χ4n) is 3.12. The van der Waals surface area contributed by atoms with Gasteiger partial charge in [0, 0.05) is 6.20 Å². The molecule has 3 rings (SSSR count). The Balaban J connectivity index is 2.09. The zero-order valence-corrected chi connectivity index (χ0v) is 11.9. The van der Waals surface area contributed by atoms with Gasteiger partial charge in [0.25, 0.3) is 0 Å². The highest BCUT2D eigenvalue weighted by molar-refractivity contribution is 7.93. The van der Waals surface area contributed by atoms with E-state index in [1.807, 2.05) is 0 Å². The minimum Gasteiger partial charge on any atom is -0.256 e. The van der Waals surface area contributed by atoms with Gasteiger partial charge in [-0.2, -0.15) is 13.2 Å². The Labute approximate surface area is 120 Å². The molecule has 1 fully saturated rings.